The van der Waals surface area contributed by atoms with Crippen molar-refractivity contribution >= 4 is 15.9 Å². The van der Waals surface area contributed by atoms with Crippen molar-refractivity contribution in [3.63, 3.8) is 0 Å². The number of ether oxygens (including phenoxy) is 1. The zero-order valence-electron chi connectivity index (χ0n) is 11.0. The van der Waals surface area contributed by atoms with Gasteiger partial charge in [0.05, 0.1) is 12.2 Å². The Kier molecular flexibility index (Phi) is 4.43. The van der Waals surface area contributed by atoms with Gasteiger partial charge in [0, 0.05) is 30.1 Å². The minimum Gasteiger partial charge on any atom is -0.373 e. The highest BCUT2D eigenvalue weighted by Crippen LogP contribution is 2.27. The number of hydrogen-bond acceptors (Lipinski definition) is 3. The van der Waals surface area contributed by atoms with E-state index in [0.29, 0.717) is 6.54 Å². The molecule has 1 aliphatic heterocycles. The van der Waals surface area contributed by atoms with Gasteiger partial charge in [-0.1, -0.05) is 28.1 Å². The summed E-state index contributed by atoms with van der Waals surface area (Å²) in [6, 6.07) is 8.67. The highest BCUT2D eigenvalue weighted by molar-refractivity contribution is 9.10. The number of rotatable bonds is 3. The van der Waals surface area contributed by atoms with Crippen LogP contribution in [-0.4, -0.2) is 36.7 Å². The molecule has 100 valence electrons. The molecular weight excluding hydrogens is 292 g/mol. The van der Waals surface area contributed by atoms with Crippen molar-refractivity contribution in [2.45, 2.75) is 25.5 Å². The third-order valence-electron chi connectivity index (χ3n) is 3.35. The molecule has 0 radical (unpaired) electrons. The number of morpholine rings is 1. The zero-order valence-corrected chi connectivity index (χ0v) is 12.6. The van der Waals surface area contributed by atoms with Crippen LogP contribution in [0.15, 0.2) is 28.7 Å². The molecule has 0 saturated carbocycles. The summed E-state index contributed by atoms with van der Waals surface area (Å²) in [6.45, 7) is 7.53. The summed E-state index contributed by atoms with van der Waals surface area (Å²) in [4.78, 5) is 2.42. The van der Waals surface area contributed by atoms with E-state index in [1.54, 1.807) is 0 Å². The van der Waals surface area contributed by atoms with Crippen molar-refractivity contribution in [2.75, 3.05) is 26.2 Å². The molecule has 1 aliphatic rings. The van der Waals surface area contributed by atoms with Gasteiger partial charge in [0.15, 0.2) is 0 Å². The smallest absolute Gasteiger partial charge is 0.0753 e. The largest absolute Gasteiger partial charge is 0.373 e. The molecule has 1 atom stereocenters. The van der Waals surface area contributed by atoms with E-state index >= 15 is 0 Å². The Morgan fingerprint density at radius 1 is 1.50 bits per heavy atom. The van der Waals surface area contributed by atoms with Gasteiger partial charge in [-0.15, -0.1) is 0 Å². The van der Waals surface area contributed by atoms with Crippen LogP contribution < -0.4 is 5.73 Å². The van der Waals surface area contributed by atoms with Crippen molar-refractivity contribution in [3.05, 3.63) is 34.3 Å². The summed E-state index contributed by atoms with van der Waals surface area (Å²) >= 11 is 3.52. The number of benzene rings is 1. The molecule has 1 fully saturated rings. The van der Waals surface area contributed by atoms with Gasteiger partial charge in [0.2, 0.25) is 0 Å². The van der Waals surface area contributed by atoms with Gasteiger partial charge in [-0.3, -0.25) is 4.90 Å². The van der Waals surface area contributed by atoms with E-state index in [2.05, 4.69) is 52.9 Å². The molecule has 1 aromatic rings. The Labute approximate surface area is 117 Å². The first-order chi connectivity index (χ1) is 8.52. The molecule has 2 N–H and O–H groups in total. The van der Waals surface area contributed by atoms with E-state index in [9.17, 15) is 0 Å². The molecule has 0 aliphatic carbocycles. The van der Waals surface area contributed by atoms with Crippen LogP contribution in [0.1, 0.15) is 25.5 Å². The maximum Gasteiger partial charge on any atom is 0.0753 e. The summed E-state index contributed by atoms with van der Waals surface area (Å²) in [5.74, 6) is 0. The molecular formula is C14H21BrN2O. The number of nitrogens with zero attached hydrogens (tertiary/aromatic N) is 1. The highest BCUT2D eigenvalue weighted by atomic mass is 79.9. The molecule has 2 rings (SSSR count). The van der Waals surface area contributed by atoms with Crippen LogP contribution in [0.2, 0.25) is 0 Å². The quantitative estimate of drug-likeness (QED) is 0.932. The maximum absolute atomic E-state index is 5.98. The minimum atomic E-state index is -0.0856. The van der Waals surface area contributed by atoms with Gasteiger partial charge in [0.25, 0.3) is 0 Å². The van der Waals surface area contributed by atoms with Crippen molar-refractivity contribution < 1.29 is 4.74 Å². The van der Waals surface area contributed by atoms with Crippen LogP contribution in [0.3, 0.4) is 0 Å². The Morgan fingerprint density at radius 3 is 2.89 bits per heavy atom. The minimum absolute atomic E-state index is 0.0856. The summed E-state index contributed by atoms with van der Waals surface area (Å²) < 4.78 is 6.86. The predicted molar refractivity (Wildman–Crippen MR) is 77.5 cm³/mol. The Balaban J connectivity index is 2.18. The fraction of sp³-hybridized carbons (Fsp3) is 0.571. The van der Waals surface area contributed by atoms with Crippen LogP contribution in [0, 0.1) is 0 Å². The monoisotopic (exact) mass is 312 g/mol. The molecule has 18 heavy (non-hydrogen) atoms. The molecule has 0 spiro atoms. The van der Waals surface area contributed by atoms with Gasteiger partial charge < -0.3 is 10.5 Å². The van der Waals surface area contributed by atoms with Crippen molar-refractivity contribution in [3.8, 4) is 0 Å². The van der Waals surface area contributed by atoms with Crippen LogP contribution in [0.5, 0.6) is 0 Å². The van der Waals surface area contributed by atoms with Crippen molar-refractivity contribution in [1.29, 1.82) is 0 Å². The lowest BCUT2D eigenvalue weighted by molar-refractivity contribution is -0.0967. The van der Waals surface area contributed by atoms with Crippen molar-refractivity contribution in [2.24, 2.45) is 5.73 Å². The van der Waals surface area contributed by atoms with Gasteiger partial charge in [-0.05, 0) is 31.5 Å². The molecule has 0 amide bonds. The summed E-state index contributed by atoms with van der Waals surface area (Å²) in [6.07, 6.45) is 0. The average molecular weight is 313 g/mol. The van der Waals surface area contributed by atoms with Gasteiger partial charge in [-0.25, -0.2) is 0 Å². The normalized spacial score (nSPS) is 21.8. The Morgan fingerprint density at radius 2 is 2.28 bits per heavy atom. The predicted octanol–water partition coefficient (Wildman–Crippen LogP) is 2.56. The van der Waals surface area contributed by atoms with Crippen LogP contribution in [-0.2, 0) is 4.74 Å². The lowest BCUT2D eigenvalue weighted by Crippen LogP contribution is -2.50. The van der Waals surface area contributed by atoms with Crippen LogP contribution in [0.25, 0.3) is 0 Å². The first-order valence-corrected chi connectivity index (χ1v) is 7.15. The molecule has 0 bridgehead atoms. The molecule has 4 heteroatoms. The number of halogens is 1. The van der Waals surface area contributed by atoms with E-state index in [1.807, 2.05) is 6.07 Å². The third-order valence-corrected chi connectivity index (χ3v) is 3.85. The first kappa shape index (κ1) is 14.0. The SMILES string of the molecule is CC1(C)CN(C(CN)c2cccc(Br)c2)CCO1. The standard InChI is InChI=1S/C14H21BrN2O/c1-14(2)10-17(6-7-18-14)13(9-16)11-4-3-5-12(15)8-11/h3-5,8,13H,6-7,9-10,16H2,1-2H3. The summed E-state index contributed by atoms with van der Waals surface area (Å²) in [5.41, 5.74) is 7.16. The van der Waals surface area contributed by atoms with Crippen LogP contribution >= 0.6 is 15.9 Å². The number of hydrogen-bond donors (Lipinski definition) is 1. The molecule has 1 saturated heterocycles. The second-order valence-electron chi connectivity index (χ2n) is 5.39. The van der Waals surface area contributed by atoms with Gasteiger partial charge in [0.1, 0.15) is 0 Å². The first-order valence-electron chi connectivity index (χ1n) is 6.35. The fourth-order valence-corrected chi connectivity index (χ4v) is 2.95. The molecule has 1 heterocycles. The van der Waals surface area contributed by atoms with Crippen molar-refractivity contribution in [1.82, 2.24) is 4.90 Å². The molecule has 1 unspecified atom stereocenters. The highest BCUT2D eigenvalue weighted by Gasteiger charge is 2.31. The Bertz CT molecular complexity index is 409. The zero-order chi connectivity index (χ0) is 13.2. The summed E-state index contributed by atoms with van der Waals surface area (Å²) in [5, 5.41) is 0. The number of nitrogens with two attached hydrogens (primary N) is 1. The van der Waals surface area contributed by atoms with E-state index in [0.717, 1.165) is 24.2 Å². The topological polar surface area (TPSA) is 38.5 Å². The lowest BCUT2D eigenvalue weighted by Gasteiger charge is -2.42. The van der Waals surface area contributed by atoms with E-state index in [-0.39, 0.29) is 11.6 Å². The molecule has 3 nitrogen and oxygen atoms in total. The van der Waals surface area contributed by atoms with Gasteiger partial charge in [-0.2, -0.15) is 0 Å². The van der Waals surface area contributed by atoms with Gasteiger partial charge >= 0.3 is 0 Å². The van der Waals surface area contributed by atoms with E-state index < -0.39 is 0 Å². The molecule has 0 aromatic heterocycles. The lowest BCUT2D eigenvalue weighted by atomic mass is 10.0. The molecule has 1 aromatic carbocycles. The second kappa shape index (κ2) is 5.70. The maximum atomic E-state index is 5.98. The third kappa shape index (κ3) is 3.32. The van der Waals surface area contributed by atoms with E-state index in [4.69, 9.17) is 10.5 Å². The van der Waals surface area contributed by atoms with Crippen LogP contribution in [0.4, 0.5) is 0 Å². The average Bonchev–Trinajstić information content (AvgIpc) is 2.29. The fourth-order valence-electron chi connectivity index (χ4n) is 2.53. The second-order valence-corrected chi connectivity index (χ2v) is 6.30. The Hall–Kier alpha value is -0.420. The van der Waals surface area contributed by atoms with E-state index in [1.165, 1.54) is 5.56 Å². The summed E-state index contributed by atoms with van der Waals surface area (Å²) in [7, 11) is 0.